The highest BCUT2D eigenvalue weighted by molar-refractivity contribution is 9.11. The van der Waals surface area contributed by atoms with E-state index in [9.17, 15) is 14.7 Å². The molecule has 0 saturated carbocycles. The van der Waals surface area contributed by atoms with Crippen LogP contribution >= 0.6 is 31.9 Å². The van der Waals surface area contributed by atoms with E-state index in [4.69, 9.17) is 5.11 Å². The van der Waals surface area contributed by atoms with Gasteiger partial charge in [0.25, 0.3) is 5.91 Å². The van der Waals surface area contributed by atoms with E-state index in [1.54, 1.807) is 18.2 Å². The molecule has 1 saturated heterocycles. The van der Waals surface area contributed by atoms with Crippen LogP contribution in [0.3, 0.4) is 0 Å². The van der Waals surface area contributed by atoms with Crippen LogP contribution in [0.15, 0.2) is 27.1 Å². The number of carbonyl (C=O) groups is 2. The van der Waals surface area contributed by atoms with Crippen LogP contribution in [-0.2, 0) is 4.79 Å². The highest BCUT2D eigenvalue weighted by atomic mass is 79.9. The average molecular weight is 393 g/mol. The van der Waals surface area contributed by atoms with Crippen LogP contribution in [0.1, 0.15) is 16.8 Å². The third-order valence-corrected chi connectivity index (χ3v) is 3.85. The van der Waals surface area contributed by atoms with E-state index in [0.717, 1.165) is 8.95 Å². The fraction of sp³-hybridized carbons (Fsp3) is 0.333. The quantitative estimate of drug-likeness (QED) is 0.805. The Morgan fingerprint density at radius 1 is 1.21 bits per heavy atom. The van der Waals surface area contributed by atoms with Crippen molar-refractivity contribution in [3.63, 3.8) is 0 Å². The maximum Gasteiger partial charge on any atom is 0.326 e. The fourth-order valence-corrected chi connectivity index (χ4v) is 3.41. The van der Waals surface area contributed by atoms with Gasteiger partial charge in [0.2, 0.25) is 0 Å². The summed E-state index contributed by atoms with van der Waals surface area (Å²) in [5, 5.41) is 18.6. The van der Waals surface area contributed by atoms with Crippen LogP contribution in [0.2, 0.25) is 0 Å². The van der Waals surface area contributed by atoms with Gasteiger partial charge in [-0.3, -0.25) is 4.79 Å². The minimum atomic E-state index is -1.10. The smallest absolute Gasteiger partial charge is 0.326 e. The van der Waals surface area contributed by atoms with E-state index in [2.05, 4.69) is 31.9 Å². The first-order valence-corrected chi connectivity index (χ1v) is 7.15. The second kappa shape index (κ2) is 5.60. The van der Waals surface area contributed by atoms with Gasteiger partial charge in [-0.1, -0.05) is 31.9 Å². The average Bonchev–Trinajstić information content (AvgIpc) is 2.69. The summed E-state index contributed by atoms with van der Waals surface area (Å²) in [6.07, 6.45) is -0.725. The number of aliphatic hydroxyl groups excluding tert-OH is 1. The molecule has 0 aliphatic carbocycles. The Balaban J connectivity index is 2.30. The molecular weight excluding hydrogens is 382 g/mol. The van der Waals surface area contributed by atoms with Gasteiger partial charge in [0, 0.05) is 27.5 Å². The Morgan fingerprint density at radius 3 is 2.32 bits per heavy atom. The molecular formula is C12H11Br2NO4. The number of halogens is 2. The number of hydrogen-bond donors (Lipinski definition) is 2. The van der Waals surface area contributed by atoms with E-state index in [0.29, 0.717) is 5.56 Å². The van der Waals surface area contributed by atoms with E-state index < -0.39 is 24.0 Å². The predicted molar refractivity (Wildman–Crippen MR) is 74.9 cm³/mol. The maximum atomic E-state index is 12.3. The number of benzene rings is 1. The highest BCUT2D eigenvalue weighted by Gasteiger charge is 2.39. The first kappa shape index (κ1) is 14.5. The number of aliphatic hydroxyl groups is 1. The van der Waals surface area contributed by atoms with Crippen molar-refractivity contribution < 1.29 is 19.8 Å². The number of carboxylic acid groups (broad SMARTS) is 1. The molecule has 2 rings (SSSR count). The van der Waals surface area contributed by atoms with Crippen molar-refractivity contribution in [1.82, 2.24) is 4.90 Å². The lowest BCUT2D eigenvalue weighted by Gasteiger charge is -2.21. The van der Waals surface area contributed by atoms with Crippen LogP contribution in [0.25, 0.3) is 0 Å². The number of carboxylic acids is 1. The zero-order chi connectivity index (χ0) is 14.2. The summed E-state index contributed by atoms with van der Waals surface area (Å²) in [6, 6.07) is 4.05. The largest absolute Gasteiger partial charge is 0.480 e. The standard InChI is InChI=1S/C12H11Br2NO4/c13-7-1-6(2-8(14)3-7)11(17)15-5-9(16)4-10(15)12(18)19/h1-3,9-10,16H,4-5H2,(H,18,19)/t9-,10-/m1/s1. The summed E-state index contributed by atoms with van der Waals surface area (Å²) in [4.78, 5) is 24.6. The maximum absolute atomic E-state index is 12.3. The summed E-state index contributed by atoms with van der Waals surface area (Å²) in [7, 11) is 0. The molecule has 0 unspecified atom stereocenters. The number of hydrogen-bond acceptors (Lipinski definition) is 3. The number of β-amino-alcohol motifs (C(OH)–C–C–N with tert-alkyl or cyclic N) is 1. The van der Waals surface area contributed by atoms with Crippen molar-refractivity contribution >= 4 is 43.7 Å². The molecule has 0 aromatic heterocycles. The summed E-state index contributed by atoms with van der Waals surface area (Å²) in [5.74, 6) is -1.50. The predicted octanol–water partition coefficient (Wildman–Crippen LogP) is 1.87. The Labute approximate surface area is 126 Å². The van der Waals surface area contributed by atoms with Gasteiger partial charge in [0.1, 0.15) is 6.04 Å². The monoisotopic (exact) mass is 391 g/mol. The van der Waals surface area contributed by atoms with Gasteiger partial charge >= 0.3 is 5.97 Å². The van der Waals surface area contributed by atoms with Gasteiger partial charge in [-0.05, 0) is 18.2 Å². The molecule has 5 nitrogen and oxygen atoms in total. The van der Waals surface area contributed by atoms with Crippen molar-refractivity contribution in [2.75, 3.05) is 6.54 Å². The van der Waals surface area contributed by atoms with Crippen LogP contribution in [0.5, 0.6) is 0 Å². The normalized spacial score (nSPS) is 22.6. The van der Waals surface area contributed by atoms with E-state index in [-0.39, 0.29) is 13.0 Å². The number of likely N-dealkylation sites (tertiary alicyclic amines) is 1. The second-order valence-corrected chi connectivity index (χ2v) is 6.19. The molecule has 0 spiro atoms. The minimum absolute atomic E-state index is 0.0416. The molecule has 1 heterocycles. The highest BCUT2D eigenvalue weighted by Crippen LogP contribution is 2.25. The lowest BCUT2D eigenvalue weighted by molar-refractivity contribution is -0.141. The number of nitrogens with zero attached hydrogens (tertiary/aromatic N) is 1. The third-order valence-electron chi connectivity index (χ3n) is 2.93. The number of aliphatic carboxylic acids is 1. The number of rotatable bonds is 2. The zero-order valence-corrected chi connectivity index (χ0v) is 12.9. The van der Waals surface area contributed by atoms with E-state index >= 15 is 0 Å². The van der Waals surface area contributed by atoms with Crippen LogP contribution in [-0.4, -0.2) is 45.7 Å². The van der Waals surface area contributed by atoms with Gasteiger partial charge in [-0.15, -0.1) is 0 Å². The number of amides is 1. The minimum Gasteiger partial charge on any atom is -0.480 e. The Kier molecular flexibility index (Phi) is 4.27. The van der Waals surface area contributed by atoms with Crippen LogP contribution < -0.4 is 0 Å². The molecule has 2 atom stereocenters. The van der Waals surface area contributed by atoms with Crippen molar-refractivity contribution in [1.29, 1.82) is 0 Å². The Bertz CT molecular complexity index is 514. The first-order valence-electron chi connectivity index (χ1n) is 5.56. The fourth-order valence-electron chi connectivity index (χ4n) is 2.12. The van der Waals surface area contributed by atoms with Gasteiger partial charge in [-0.25, -0.2) is 4.79 Å². The molecule has 1 amide bonds. The molecule has 7 heteroatoms. The van der Waals surface area contributed by atoms with Crippen LogP contribution in [0, 0.1) is 0 Å². The van der Waals surface area contributed by atoms with E-state index in [1.807, 2.05) is 0 Å². The van der Waals surface area contributed by atoms with E-state index in [1.165, 1.54) is 4.90 Å². The molecule has 1 fully saturated rings. The SMILES string of the molecule is O=C(O)[C@H]1C[C@@H](O)CN1C(=O)c1cc(Br)cc(Br)c1. The first-order chi connectivity index (χ1) is 8.88. The topological polar surface area (TPSA) is 77.8 Å². The molecule has 1 aliphatic heterocycles. The lowest BCUT2D eigenvalue weighted by Crippen LogP contribution is -2.40. The molecule has 0 radical (unpaired) electrons. The summed E-state index contributed by atoms with van der Waals surface area (Å²) in [5.41, 5.74) is 0.376. The summed E-state index contributed by atoms with van der Waals surface area (Å²) < 4.78 is 1.44. The lowest BCUT2D eigenvalue weighted by atomic mass is 10.1. The third kappa shape index (κ3) is 3.16. The Hall–Kier alpha value is -0.920. The number of carbonyl (C=O) groups excluding carboxylic acids is 1. The summed E-state index contributed by atoms with van der Waals surface area (Å²) >= 11 is 6.56. The molecule has 1 aromatic rings. The van der Waals surface area contributed by atoms with Crippen molar-refractivity contribution in [3.8, 4) is 0 Å². The Morgan fingerprint density at radius 2 is 1.79 bits per heavy atom. The summed E-state index contributed by atoms with van der Waals surface area (Å²) in [6.45, 7) is 0.0416. The molecule has 1 aliphatic rings. The molecule has 1 aromatic carbocycles. The zero-order valence-electron chi connectivity index (χ0n) is 9.72. The van der Waals surface area contributed by atoms with Crippen molar-refractivity contribution in [2.45, 2.75) is 18.6 Å². The molecule has 2 N–H and O–H groups in total. The van der Waals surface area contributed by atoms with Gasteiger partial charge in [0.05, 0.1) is 6.10 Å². The van der Waals surface area contributed by atoms with Gasteiger partial charge in [0.15, 0.2) is 0 Å². The van der Waals surface area contributed by atoms with Gasteiger partial charge in [-0.2, -0.15) is 0 Å². The van der Waals surface area contributed by atoms with Gasteiger partial charge < -0.3 is 15.1 Å². The van der Waals surface area contributed by atoms with Crippen molar-refractivity contribution in [2.24, 2.45) is 0 Å². The second-order valence-electron chi connectivity index (χ2n) is 4.36. The van der Waals surface area contributed by atoms with Crippen molar-refractivity contribution in [3.05, 3.63) is 32.7 Å². The van der Waals surface area contributed by atoms with Crippen LogP contribution in [0.4, 0.5) is 0 Å². The molecule has 102 valence electrons. The molecule has 19 heavy (non-hydrogen) atoms. The molecule has 0 bridgehead atoms.